The monoisotopic (exact) mass is 299 g/mol. The molecule has 1 aromatic carbocycles. The van der Waals surface area contributed by atoms with E-state index in [0.29, 0.717) is 6.42 Å². The van der Waals surface area contributed by atoms with Crippen LogP contribution in [0.5, 0.6) is 0 Å². The number of unbranched alkanes of at least 4 members (excludes halogenated alkanes) is 8. The van der Waals surface area contributed by atoms with Crippen LogP contribution in [-0.2, 0) is 4.79 Å². The number of hydrogen-bond acceptors (Lipinski definition) is 1. The Morgan fingerprint density at radius 3 is 2.05 bits per heavy atom. The van der Waals surface area contributed by atoms with E-state index in [4.69, 9.17) is 6.42 Å². The minimum Gasteiger partial charge on any atom is -0.326 e. The van der Waals surface area contributed by atoms with Gasteiger partial charge in [0.2, 0.25) is 5.91 Å². The third kappa shape index (κ3) is 8.52. The van der Waals surface area contributed by atoms with Crippen LogP contribution >= 0.6 is 0 Å². The predicted molar refractivity (Wildman–Crippen MR) is 94.9 cm³/mol. The third-order valence-electron chi connectivity index (χ3n) is 3.84. The maximum absolute atomic E-state index is 11.8. The van der Waals surface area contributed by atoms with Crippen LogP contribution in [-0.4, -0.2) is 5.91 Å². The fourth-order valence-corrected chi connectivity index (χ4v) is 2.47. The topological polar surface area (TPSA) is 29.1 Å². The van der Waals surface area contributed by atoms with Crippen LogP contribution in [0.1, 0.15) is 76.7 Å². The molecule has 0 heterocycles. The summed E-state index contributed by atoms with van der Waals surface area (Å²) in [5.74, 6) is 2.66. The summed E-state index contributed by atoms with van der Waals surface area (Å²) in [7, 11) is 0. The summed E-state index contributed by atoms with van der Waals surface area (Å²) in [6, 6.07) is 7.38. The molecule has 0 radical (unpaired) electrons. The molecule has 0 bridgehead atoms. The van der Waals surface area contributed by atoms with Crippen molar-refractivity contribution in [3.05, 3.63) is 29.8 Å². The van der Waals surface area contributed by atoms with Gasteiger partial charge in [0.25, 0.3) is 0 Å². The summed E-state index contributed by atoms with van der Waals surface area (Å²) in [5, 5.41) is 2.91. The molecule has 22 heavy (non-hydrogen) atoms. The van der Waals surface area contributed by atoms with E-state index in [9.17, 15) is 4.79 Å². The van der Waals surface area contributed by atoms with Gasteiger partial charge in [-0.15, -0.1) is 6.42 Å². The van der Waals surface area contributed by atoms with Crippen LogP contribution in [0.2, 0.25) is 0 Å². The number of benzene rings is 1. The largest absolute Gasteiger partial charge is 0.326 e. The van der Waals surface area contributed by atoms with Gasteiger partial charge in [0.15, 0.2) is 0 Å². The lowest BCUT2D eigenvalue weighted by Crippen LogP contribution is -2.10. The van der Waals surface area contributed by atoms with Crippen LogP contribution in [0.3, 0.4) is 0 Å². The summed E-state index contributed by atoms with van der Waals surface area (Å²) in [6.45, 7) is 2.24. The molecule has 1 N–H and O–H groups in total. The standard InChI is InChI=1S/C20H29NO/c1-3-5-6-7-8-9-10-11-12-13-20(22)21-19-16-14-18(4-2)15-17-19/h2,14-17H,3,5-13H2,1H3,(H,21,22). The molecule has 1 rings (SSSR count). The SMILES string of the molecule is C#Cc1ccc(NC(=O)CCCCCCCCCCC)cc1. The fourth-order valence-electron chi connectivity index (χ4n) is 2.47. The van der Waals surface area contributed by atoms with Crippen molar-refractivity contribution >= 4 is 11.6 Å². The summed E-state index contributed by atoms with van der Waals surface area (Å²) >= 11 is 0. The quantitative estimate of drug-likeness (QED) is 0.422. The van der Waals surface area contributed by atoms with Crippen molar-refractivity contribution in [3.8, 4) is 12.3 Å². The number of carbonyl (C=O) groups is 1. The highest BCUT2D eigenvalue weighted by molar-refractivity contribution is 5.90. The molecule has 2 heteroatoms. The van der Waals surface area contributed by atoms with Crippen LogP contribution in [0.15, 0.2) is 24.3 Å². The molecular formula is C20H29NO. The van der Waals surface area contributed by atoms with Crippen LogP contribution < -0.4 is 5.32 Å². The number of rotatable bonds is 11. The normalized spacial score (nSPS) is 10.2. The minimum absolute atomic E-state index is 0.0939. The minimum atomic E-state index is 0.0939. The second kappa shape index (κ2) is 11.9. The van der Waals surface area contributed by atoms with E-state index in [1.54, 1.807) is 0 Å². The zero-order valence-corrected chi connectivity index (χ0v) is 13.9. The van der Waals surface area contributed by atoms with E-state index in [-0.39, 0.29) is 5.91 Å². The molecule has 0 spiro atoms. The molecular weight excluding hydrogens is 270 g/mol. The number of anilines is 1. The van der Waals surface area contributed by atoms with Crippen molar-refractivity contribution in [2.24, 2.45) is 0 Å². The molecule has 1 aromatic rings. The highest BCUT2D eigenvalue weighted by Gasteiger charge is 2.02. The first-order valence-electron chi connectivity index (χ1n) is 8.62. The molecule has 2 nitrogen and oxygen atoms in total. The Kier molecular flexibility index (Phi) is 9.87. The summed E-state index contributed by atoms with van der Waals surface area (Å²) in [4.78, 5) is 11.8. The van der Waals surface area contributed by atoms with Gasteiger partial charge in [-0.3, -0.25) is 4.79 Å². The molecule has 0 aliphatic heterocycles. The van der Waals surface area contributed by atoms with E-state index in [1.807, 2.05) is 24.3 Å². The van der Waals surface area contributed by atoms with Gasteiger partial charge in [0, 0.05) is 17.7 Å². The average molecular weight is 299 g/mol. The van der Waals surface area contributed by atoms with Crippen molar-refractivity contribution in [3.63, 3.8) is 0 Å². The zero-order valence-electron chi connectivity index (χ0n) is 13.9. The molecule has 0 saturated heterocycles. The van der Waals surface area contributed by atoms with Gasteiger partial charge >= 0.3 is 0 Å². The Morgan fingerprint density at radius 1 is 0.955 bits per heavy atom. The highest BCUT2D eigenvalue weighted by Crippen LogP contribution is 2.12. The molecule has 0 fully saturated rings. The van der Waals surface area contributed by atoms with Crippen molar-refractivity contribution < 1.29 is 4.79 Å². The molecule has 0 aromatic heterocycles. The molecule has 0 saturated carbocycles. The van der Waals surface area contributed by atoms with E-state index in [0.717, 1.165) is 24.1 Å². The Labute approximate surface area is 135 Å². The van der Waals surface area contributed by atoms with Gasteiger partial charge in [-0.05, 0) is 30.7 Å². The number of carbonyl (C=O) groups excluding carboxylic acids is 1. The lowest BCUT2D eigenvalue weighted by atomic mass is 10.1. The molecule has 0 aliphatic rings. The van der Waals surface area contributed by atoms with E-state index in [1.165, 1.54) is 44.9 Å². The highest BCUT2D eigenvalue weighted by atomic mass is 16.1. The first-order valence-corrected chi connectivity index (χ1v) is 8.62. The number of nitrogens with one attached hydrogen (secondary N) is 1. The number of terminal acetylenes is 1. The molecule has 0 aliphatic carbocycles. The first kappa shape index (κ1) is 18.3. The Balaban J connectivity index is 2.02. The second-order valence-corrected chi connectivity index (χ2v) is 5.85. The summed E-state index contributed by atoms with van der Waals surface area (Å²) in [5.41, 5.74) is 1.65. The van der Waals surface area contributed by atoms with Crippen LogP contribution in [0.4, 0.5) is 5.69 Å². The first-order chi connectivity index (χ1) is 10.8. The molecule has 120 valence electrons. The van der Waals surface area contributed by atoms with Crippen molar-refractivity contribution in [2.75, 3.05) is 5.32 Å². The van der Waals surface area contributed by atoms with Crippen molar-refractivity contribution in [2.45, 2.75) is 71.1 Å². The van der Waals surface area contributed by atoms with Crippen LogP contribution in [0.25, 0.3) is 0 Å². The number of hydrogen-bond donors (Lipinski definition) is 1. The van der Waals surface area contributed by atoms with E-state index in [2.05, 4.69) is 18.2 Å². The summed E-state index contributed by atoms with van der Waals surface area (Å²) in [6.07, 6.45) is 17.3. The molecule has 0 atom stereocenters. The maximum Gasteiger partial charge on any atom is 0.224 e. The Bertz CT molecular complexity index is 456. The Hall–Kier alpha value is -1.75. The molecule has 1 amide bonds. The molecule has 0 unspecified atom stereocenters. The van der Waals surface area contributed by atoms with Gasteiger partial charge in [0.1, 0.15) is 0 Å². The fraction of sp³-hybridized carbons (Fsp3) is 0.550. The smallest absolute Gasteiger partial charge is 0.224 e. The van der Waals surface area contributed by atoms with Crippen LogP contribution in [0, 0.1) is 12.3 Å². The predicted octanol–water partition coefficient (Wildman–Crippen LogP) is 5.53. The maximum atomic E-state index is 11.8. The van der Waals surface area contributed by atoms with Crippen molar-refractivity contribution in [1.82, 2.24) is 0 Å². The third-order valence-corrected chi connectivity index (χ3v) is 3.84. The average Bonchev–Trinajstić information content (AvgIpc) is 2.54. The van der Waals surface area contributed by atoms with Gasteiger partial charge in [0.05, 0.1) is 0 Å². The zero-order chi connectivity index (χ0) is 16.0. The second-order valence-electron chi connectivity index (χ2n) is 5.85. The van der Waals surface area contributed by atoms with E-state index >= 15 is 0 Å². The lowest BCUT2D eigenvalue weighted by molar-refractivity contribution is -0.116. The van der Waals surface area contributed by atoms with Gasteiger partial charge in [-0.2, -0.15) is 0 Å². The number of amides is 1. The summed E-state index contributed by atoms with van der Waals surface area (Å²) < 4.78 is 0. The Morgan fingerprint density at radius 2 is 1.50 bits per heavy atom. The van der Waals surface area contributed by atoms with Gasteiger partial charge < -0.3 is 5.32 Å². The van der Waals surface area contributed by atoms with Gasteiger partial charge in [-0.1, -0.05) is 64.2 Å². The lowest BCUT2D eigenvalue weighted by Gasteiger charge is -2.05. The van der Waals surface area contributed by atoms with Crippen molar-refractivity contribution in [1.29, 1.82) is 0 Å². The van der Waals surface area contributed by atoms with E-state index < -0.39 is 0 Å². The van der Waals surface area contributed by atoms with Gasteiger partial charge in [-0.25, -0.2) is 0 Å².